The minimum atomic E-state index is -0.839. The lowest BCUT2D eigenvalue weighted by molar-refractivity contribution is 0.0947. The molecule has 2 nitrogen and oxygen atoms in total. The average Bonchev–Trinajstić information content (AvgIpc) is 2.13. The van der Waals surface area contributed by atoms with Crippen LogP contribution in [-0.4, -0.2) is 12.5 Å². The molecule has 0 aliphatic heterocycles. The van der Waals surface area contributed by atoms with Gasteiger partial charge in [0.1, 0.15) is 11.4 Å². The van der Waals surface area contributed by atoms with Gasteiger partial charge in [0.25, 0.3) is 5.91 Å². The molecule has 0 saturated carbocycles. The van der Waals surface area contributed by atoms with Crippen molar-refractivity contribution in [3.05, 3.63) is 32.9 Å². The van der Waals surface area contributed by atoms with E-state index in [1.54, 1.807) is 29.5 Å². The largest absolute Gasteiger partial charge is 0.352 e. The number of hydrogen-bond donors (Lipinski definition) is 1. The van der Waals surface area contributed by atoms with E-state index >= 15 is 0 Å². The van der Waals surface area contributed by atoms with Crippen LogP contribution in [0.1, 0.15) is 17.3 Å². The molecule has 14 heavy (non-hydrogen) atoms. The summed E-state index contributed by atoms with van der Waals surface area (Å²) in [5.41, 5.74) is -0.515. The summed E-state index contributed by atoms with van der Waals surface area (Å²) < 4.78 is 26.7. The predicted octanol–water partition coefficient (Wildman–Crippen LogP) is 2.32. The highest BCUT2D eigenvalue weighted by Crippen LogP contribution is 2.18. The molecule has 0 atom stereocenters. The van der Waals surface area contributed by atoms with Gasteiger partial charge in [-0.1, -0.05) is 0 Å². The Morgan fingerprint density at radius 3 is 2.71 bits per heavy atom. The normalized spacial score (nSPS) is 10.0. The predicted molar refractivity (Wildman–Crippen MR) is 57.1 cm³/mol. The standard InChI is InChI=1S/C9H8F2INO/c1-2-13-9(14)7-5(10)3-4-6(12)8(7)11/h3-4H,2H2,1H3,(H,13,14). The van der Waals surface area contributed by atoms with Crippen LogP contribution in [0, 0.1) is 15.2 Å². The Labute approximate surface area is 93.8 Å². The topological polar surface area (TPSA) is 29.1 Å². The fourth-order valence-corrected chi connectivity index (χ4v) is 1.43. The second kappa shape index (κ2) is 4.68. The van der Waals surface area contributed by atoms with Crippen LogP contribution in [0.3, 0.4) is 0 Å². The van der Waals surface area contributed by atoms with Crippen LogP contribution in [0.25, 0.3) is 0 Å². The van der Waals surface area contributed by atoms with Crippen molar-refractivity contribution in [2.75, 3.05) is 6.54 Å². The SMILES string of the molecule is CCNC(=O)c1c(F)ccc(I)c1F. The lowest BCUT2D eigenvalue weighted by Crippen LogP contribution is -2.25. The van der Waals surface area contributed by atoms with Gasteiger partial charge in [0, 0.05) is 10.1 Å². The molecule has 5 heteroatoms. The van der Waals surface area contributed by atoms with Crippen LogP contribution in [-0.2, 0) is 0 Å². The van der Waals surface area contributed by atoms with Crippen molar-refractivity contribution in [3.63, 3.8) is 0 Å². The fraction of sp³-hybridized carbons (Fsp3) is 0.222. The van der Waals surface area contributed by atoms with Gasteiger partial charge in [-0.25, -0.2) is 8.78 Å². The van der Waals surface area contributed by atoms with Crippen LogP contribution in [0.4, 0.5) is 8.78 Å². The third kappa shape index (κ3) is 2.20. The first-order chi connectivity index (χ1) is 6.57. The van der Waals surface area contributed by atoms with Crippen molar-refractivity contribution in [2.24, 2.45) is 0 Å². The zero-order valence-electron chi connectivity index (χ0n) is 7.40. The summed E-state index contributed by atoms with van der Waals surface area (Å²) in [6.07, 6.45) is 0. The molecule has 0 bridgehead atoms. The number of benzene rings is 1. The smallest absolute Gasteiger partial charge is 0.257 e. The van der Waals surface area contributed by atoms with Crippen molar-refractivity contribution in [3.8, 4) is 0 Å². The Kier molecular flexibility index (Phi) is 3.79. The minimum absolute atomic E-state index is 0.227. The number of hydrogen-bond acceptors (Lipinski definition) is 1. The van der Waals surface area contributed by atoms with Crippen LogP contribution in [0.15, 0.2) is 12.1 Å². The Morgan fingerprint density at radius 2 is 2.14 bits per heavy atom. The first-order valence-corrected chi connectivity index (χ1v) is 5.07. The monoisotopic (exact) mass is 311 g/mol. The zero-order chi connectivity index (χ0) is 10.7. The summed E-state index contributed by atoms with van der Waals surface area (Å²) in [5, 5.41) is 2.35. The second-order valence-corrected chi connectivity index (χ2v) is 3.74. The van der Waals surface area contributed by atoms with Crippen molar-refractivity contribution in [1.29, 1.82) is 0 Å². The maximum absolute atomic E-state index is 13.3. The molecule has 1 N–H and O–H groups in total. The van der Waals surface area contributed by atoms with Crippen molar-refractivity contribution < 1.29 is 13.6 Å². The molecule has 76 valence electrons. The summed E-state index contributed by atoms with van der Waals surface area (Å²) in [6.45, 7) is 2.02. The Balaban J connectivity index is 3.18. The number of rotatable bonds is 2. The molecule has 0 heterocycles. The average molecular weight is 311 g/mol. The Morgan fingerprint density at radius 1 is 1.50 bits per heavy atom. The van der Waals surface area contributed by atoms with Gasteiger partial charge in [-0.3, -0.25) is 4.79 Å². The number of amides is 1. The molecule has 1 aromatic rings. The van der Waals surface area contributed by atoms with E-state index in [4.69, 9.17) is 0 Å². The minimum Gasteiger partial charge on any atom is -0.352 e. The highest BCUT2D eigenvalue weighted by atomic mass is 127. The third-order valence-corrected chi connectivity index (χ3v) is 2.44. The van der Waals surface area contributed by atoms with E-state index in [0.717, 1.165) is 6.07 Å². The van der Waals surface area contributed by atoms with Gasteiger partial charge in [-0.2, -0.15) is 0 Å². The lowest BCUT2D eigenvalue weighted by atomic mass is 10.2. The molecular formula is C9H8F2INO. The molecule has 0 saturated heterocycles. The molecule has 1 amide bonds. The third-order valence-electron chi connectivity index (χ3n) is 1.61. The maximum atomic E-state index is 13.3. The lowest BCUT2D eigenvalue weighted by Gasteiger charge is -2.05. The van der Waals surface area contributed by atoms with Crippen molar-refractivity contribution in [1.82, 2.24) is 5.32 Å². The van der Waals surface area contributed by atoms with Gasteiger partial charge in [0.2, 0.25) is 0 Å². The molecule has 0 spiro atoms. The van der Waals surface area contributed by atoms with Gasteiger partial charge in [-0.15, -0.1) is 0 Å². The number of nitrogens with one attached hydrogen (secondary N) is 1. The molecule has 0 radical (unpaired) electrons. The summed E-state index contributed by atoms with van der Waals surface area (Å²) in [4.78, 5) is 11.2. The highest BCUT2D eigenvalue weighted by Gasteiger charge is 2.18. The molecule has 1 rings (SSSR count). The Hall–Kier alpha value is -0.720. The number of carbonyl (C=O) groups excluding carboxylic acids is 1. The summed E-state index contributed by atoms with van der Waals surface area (Å²) in [7, 11) is 0. The molecule has 0 aliphatic carbocycles. The quantitative estimate of drug-likeness (QED) is 0.659. The summed E-state index contributed by atoms with van der Waals surface area (Å²) in [5.74, 6) is -2.37. The van der Waals surface area contributed by atoms with E-state index in [2.05, 4.69) is 5.32 Å². The van der Waals surface area contributed by atoms with Crippen molar-refractivity contribution >= 4 is 28.5 Å². The van der Waals surface area contributed by atoms with Crippen LogP contribution in [0.5, 0.6) is 0 Å². The van der Waals surface area contributed by atoms with E-state index in [1.165, 1.54) is 6.07 Å². The van der Waals surface area contributed by atoms with E-state index in [9.17, 15) is 13.6 Å². The van der Waals surface area contributed by atoms with E-state index < -0.39 is 23.1 Å². The van der Waals surface area contributed by atoms with Crippen LogP contribution < -0.4 is 5.32 Å². The summed E-state index contributed by atoms with van der Waals surface area (Å²) in [6, 6.07) is 2.36. The van der Waals surface area contributed by atoms with Crippen molar-refractivity contribution in [2.45, 2.75) is 6.92 Å². The first-order valence-electron chi connectivity index (χ1n) is 3.99. The van der Waals surface area contributed by atoms with Gasteiger partial charge < -0.3 is 5.32 Å². The van der Waals surface area contributed by atoms with Crippen LogP contribution in [0.2, 0.25) is 0 Å². The van der Waals surface area contributed by atoms with E-state index in [1.807, 2.05) is 0 Å². The molecule has 0 unspecified atom stereocenters. The molecule has 0 fully saturated rings. The number of halogens is 3. The second-order valence-electron chi connectivity index (χ2n) is 2.58. The molecule has 1 aromatic carbocycles. The maximum Gasteiger partial charge on any atom is 0.257 e. The van der Waals surface area contributed by atoms with E-state index in [-0.39, 0.29) is 3.57 Å². The molecule has 0 aliphatic rings. The van der Waals surface area contributed by atoms with Gasteiger partial charge >= 0.3 is 0 Å². The first kappa shape index (κ1) is 11.4. The highest BCUT2D eigenvalue weighted by molar-refractivity contribution is 14.1. The van der Waals surface area contributed by atoms with Gasteiger partial charge in [0.05, 0.1) is 0 Å². The van der Waals surface area contributed by atoms with Gasteiger partial charge in [-0.05, 0) is 41.6 Å². The Bertz CT molecular complexity index is 368. The number of carbonyl (C=O) groups is 1. The van der Waals surface area contributed by atoms with E-state index in [0.29, 0.717) is 6.54 Å². The fourth-order valence-electron chi connectivity index (χ4n) is 0.984. The molecule has 0 aromatic heterocycles. The molecular weight excluding hydrogens is 303 g/mol. The van der Waals surface area contributed by atoms with Crippen LogP contribution >= 0.6 is 22.6 Å². The van der Waals surface area contributed by atoms with Gasteiger partial charge in [0.15, 0.2) is 5.82 Å². The zero-order valence-corrected chi connectivity index (χ0v) is 9.56. The summed E-state index contributed by atoms with van der Waals surface area (Å²) >= 11 is 1.71.